The van der Waals surface area contributed by atoms with Gasteiger partial charge in [0.15, 0.2) is 0 Å². The van der Waals surface area contributed by atoms with E-state index < -0.39 is 0 Å². The van der Waals surface area contributed by atoms with Crippen molar-refractivity contribution in [1.29, 1.82) is 0 Å². The molecule has 0 aliphatic carbocycles. The molecule has 1 amide bonds. The first-order valence-corrected chi connectivity index (χ1v) is 9.44. The molecular weight excluding hydrogens is 316 g/mol. The Hall–Kier alpha value is -1.65. The van der Waals surface area contributed by atoms with Gasteiger partial charge in [0.2, 0.25) is 5.91 Å². The molecule has 3 nitrogen and oxygen atoms in total. The molecule has 1 aliphatic heterocycles. The number of amides is 1. The van der Waals surface area contributed by atoms with Crippen molar-refractivity contribution in [3.05, 3.63) is 56.8 Å². The molecule has 0 saturated carbocycles. The summed E-state index contributed by atoms with van der Waals surface area (Å²) < 4.78 is 0. The number of likely N-dealkylation sites (N-methyl/N-ethyl adjacent to an activating group) is 1. The second kappa shape index (κ2) is 7.08. The summed E-state index contributed by atoms with van der Waals surface area (Å²) in [6.45, 7) is 8.57. The maximum atomic E-state index is 12.7. The van der Waals surface area contributed by atoms with Crippen molar-refractivity contribution in [1.82, 2.24) is 9.80 Å². The number of fused-ring (bicyclic) bond motifs is 1. The predicted octanol–water partition coefficient (Wildman–Crippen LogP) is 3.94. The molecule has 1 aliphatic rings. The molecule has 1 aromatic carbocycles. The number of aryl methyl sites for hydroxylation is 2. The normalized spacial score (nSPS) is 17.6. The first-order chi connectivity index (χ1) is 11.5. The molecule has 0 unspecified atom stereocenters. The number of thiophene rings is 1. The van der Waals surface area contributed by atoms with Crippen LogP contribution in [0.3, 0.4) is 0 Å². The largest absolute Gasteiger partial charge is 0.340 e. The first kappa shape index (κ1) is 17.2. The number of benzene rings is 1. The SMILES string of the molecule is Cc1ccc(CN(C)C(=O)CN2CCc3sccc3[C@@H]2C)c(C)c1. The van der Waals surface area contributed by atoms with E-state index >= 15 is 0 Å². The van der Waals surface area contributed by atoms with Crippen LogP contribution in [0.15, 0.2) is 29.6 Å². The van der Waals surface area contributed by atoms with Crippen molar-refractivity contribution in [3.8, 4) is 0 Å². The van der Waals surface area contributed by atoms with Gasteiger partial charge in [0.05, 0.1) is 6.54 Å². The van der Waals surface area contributed by atoms with Crippen molar-refractivity contribution >= 4 is 17.2 Å². The highest BCUT2D eigenvalue weighted by Crippen LogP contribution is 2.32. The lowest BCUT2D eigenvalue weighted by atomic mass is 10.0. The number of carbonyl (C=O) groups is 1. The fourth-order valence-corrected chi connectivity index (χ4v) is 4.40. The van der Waals surface area contributed by atoms with Crippen LogP contribution in [-0.2, 0) is 17.8 Å². The van der Waals surface area contributed by atoms with Gasteiger partial charge < -0.3 is 4.90 Å². The van der Waals surface area contributed by atoms with Gasteiger partial charge in [-0.3, -0.25) is 9.69 Å². The Balaban J connectivity index is 1.62. The summed E-state index contributed by atoms with van der Waals surface area (Å²) >= 11 is 1.84. The van der Waals surface area contributed by atoms with Crippen molar-refractivity contribution in [3.63, 3.8) is 0 Å². The molecule has 0 fully saturated rings. The molecular formula is C20H26N2OS. The van der Waals surface area contributed by atoms with Crippen LogP contribution in [0.4, 0.5) is 0 Å². The third-order valence-electron chi connectivity index (χ3n) is 5.07. The van der Waals surface area contributed by atoms with Gasteiger partial charge >= 0.3 is 0 Å². The van der Waals surface area contributed by atoms with E-state index in [2.05, 4.69) is 55.3 Å². The van der Waals surface area contributed by atoms with Gasteiger partial charge in [-0.05, 0) is 55.3 Å². The second-order valence-corrected chi connectivity index (χ2v) is 7.88. The van der Waals surface area contributed by atoms with Crippen LogP contribution < -0.4 is 0 Å². The molecule has 0 bridgehead atoms. The number of hydrogen-bond acceptors (Lipinski definition) is 3. The van der Waals surface area contributed by atoms with Gasteiger partial charge in [0.25, 0.3) is 0 Å². The van der Waals surface area contributed by atoms with E-state index in [1.54, 1.807) is 0 Å². The molecule has 2 heterocycles. The Kier molecular flexibility index (Phi) is 5.07. The monoisotopic (exact) mass is 342 g/mol. The summed E-state index contributed by atoms with van der Waals surface area (Å²) in [4.78, 5) is 18.3. The molecule has 24 heavy (non-hydrogen) atoms. The lowest BCUT2D eigenvalue weighted by Gasteiger charge is -2.34. The topological polar surface area (TPSA) is 23.6 Å². The van der Waals surface area contributed by atoms with E-state index in [-0.39, 0.29) is 5.91 Å². The minimum Gasteiger partial charge on any atom is -0.340 e. The summed E-state index contributed by atoms with van der Waals surface area (Å²) in [7, 11) is 1.91. The number of rotatable bonds is 4. The lowest BCUT2D eigenvalue weighted by Crippen LogP contribution is -2.42. The fourth-order valence-electron chi connectivity index (χ4n) is 3.44. The van der Waals surface area contributed by atoms with Crippen LogP contribution in [0.25, 0.3) is 0 Å². The van der Waals surface area contributed by atoms with E-state index in [0.29, 0.717) is 19.1 Å². The van der Waals surface area contributed by atoms with Crippen LogP contribution in [0.2, 0.25) is 0 Å². The first-order valence-electron chi connectivity index (χ1n) is 8.56. The van der Waals surface area contributed by atoms with Gasteiger partial charge in [0.1, 0.15) is 0 Å². The zero-order valence-corrected chi connectivity index (χ0v) is 15.8. The smallest absolute Gasteiger partial charge is 0.236 e. The highest BCUT2D eigenvalue weighted by Gasteiger charge is 2.27. The van der Waals surface area contributed by atoms with Gasteiger partial charge in [-0.25, -0.2) is 0 Å². The zero-order chi connectivity index (χ0) is 17.3. The minimum atomic E-state index is 0.195. The Labute approximate surface area is 148 Å². The van der Waals surface area contributed by atoms with Crippen molar-refractivity contribution in [2.45, 2.75) is 39.8 Å². The molecule has 0 radical (unpaired) electrons. The summed E-state index contributed by atoms with van der Waals surface area (Å²) in [6.07, 6.45) is 1.06. The van der Waals surface area contributed by atoms with Gasteiger partial charge in [-0.2, -0.15) is 0 Å². The Morgan fingerprint density at radius 3 is 2.88 bits per heavy atom. The van der Waals surface area contributed by atoms with Crippen molar-refractivity contribution in [2.75, 3.05) is 20.1 Å². The van der Waals surface area contributed by atoms with Crippen LogP contribution in [0.1, 0.15) is 40.1 Å². The molecule has 1 atom stereocenters. The molecule has 0 saturated heterocycles. The highest BCUT2D eigenvalue weighted by molar-refractivity contribution is 7.10. The Morgan fingerprint density at radius 1 is 1.33 bits per heavy atom. The zero-order valence-electron chi connectivity index (χ0n) is 15.0. The van der Waals surface area contributed by atoms with Crippen LogP contribution in [0, 0.1) is 13.8 Å². The summed E-state index contributed by atoms with van der Waals surface area (Å²) in [5, 5.41) is 2.17. The van der Waals surface area contributed by atoms with Gasteiger partial charge in [-0.15, -0.1) is 11.3 Å². The fraction of sp³-hybridized carbons (Fsp3) is 0.450. The van der Waals surface area contributed by atoms with Crippen molar-refractivity contribution < 1.29 is 4.79 Å². The molecule has 0 N–H and O–H groups in total. The standard InChI is InChI=1S/C20H26N2OS/c1-14-5-6-17(15(2)11-14)12-21(4)20(23)13-22-9-7-19-18(16(22)3)8-10-24-19/h5-6,8,10-11,16H,7,9,12-13H2,1-4H3/t16-/m0/s1. The van der Waals surface area contributed by atoms with E-state index in [1.165, 1.54) is 27.1 Å². The molecule has 128 valence electrons. The number of nitrogens with zero attached hydrogens (tertiary/aromatic N) is 2. The van der Waals surface area contributed by atoms with E-state index in [0.717, 1.165) is 13.0 Å². The summed E-state index contributed by atoms with van der Waals surface area (Å²) in [5.74, 6) is 0.195. The third-order valence-corrected chi connectivity index (χ3v) is 6.07. The van der Waals surface area contributed by atoms with E-state index in [1.807, 2.05) is 23.3 Å². The van der Waals surface area contributed by atoms with Gasteiger partial charge in [0, 0.05) is 31.1 Å². The Morgan fingerprint density at radius 2 is 2.12 bits per heavy atom. The highest BCUT2D eigenvalue weighted by atomic mass is 32.1. The maximum absolute atomic E-state index is 12.7. The molecule has 1 aromatic heterocycles. The maximum Gasteiger partial charge on any atom is 0.236 e. The second-order valence-electron chi connectivity index (χ2n) is 6.88. The molecule has 3 rings (SSSR count). The molecule has 0 spiro atoms. The number of carbonyl (C=O) groups excluding carboxylic acids is 1. The van der Waals surface area contributed by atoms with Crippen molar-refractivity contribution in [2.24, 2.45) is 0 Å². The molecule has 2 aromatic rings. The third kappa shape index (κ3) is 3.55. The quantitative estimate of drug-likeness (QED) is 0.840. The lowest BCUT2D eigenvalue weighted by molar-refractivity contribution is -0.132. The van der Waals surface area contributed by atoms with Gasteiger partial charge in [-0.1, -0.05) is 23.8 Å². The summed E-state index contributed by atoms with van der Waals surface area (Å²) in [5.41, 5.74) is 5.14. The van der Waals surface area contributed by atoms with Crippen LogP contribution in [-0.4, -0.2) is 35.8 Å². The van der Waals surface area contributed by atoms with E-state index in [4.69, 9.17) is 0 Å². The summed E-state index contributed by atoms with van der Waals surface area (Å²) in [6, 6.07) is 8.97. The predicted molar refractivity (Wildman–Crippen MR) is 100 cm³/mol. The molecule has 4 heteroatoms. The average Bonchev–Trinajstić information content (AvgIpc) is 3.02. The minimum absolute atomic E-state index is 0.195. The average molecular weight is 343 g/mol. The van der Waals surface area contributed by atoms with E-state index in [9.17, 15) is 4.79 Å². The Bertz CT molecular complexity index is 737. The number of hydrogen-bond donors (Lipinski definition) is 0. The van der Waals surface area contributed by atoms with Crippen LogP contribution in [0.5, 0.6) is 0 Å². The van der Waals surface area contributed by atoms with Crippen LogP contribution >= 0.6 is 11.3 Å².